The molecule has 0 amide bonds. The van der Waals surface area contributed by atoms with E-state index in [1.54, 1.807) is 13.2 Å². The van der Waals surface area contributed by atoms with Crippen LogP contribution in [0.25, 0.3) is 5.57 Å². The van der Waals surface area contributed by atoms with Crippen LogP contribution in [-0.4, -0.2) is 42.5 Å². The van der Waals surface area contributed by atoms with Gasteiger partial charge in [-0.3, -0.25) is 4.79 Å². The number of ketones is 1. The van der Waals surface area contributed by atoms with E-state index in [9.17, 15) is 9.90 Å². The number of hydrogen-bond donors (Lipinski definition) is 1. The minimum absolute atomic E-state index is 0.00196. The van der Waals surface area contributed by atoms with E-state index in [4.69, 9.17) is 4.74 Å². The zero-order chi connectivity index (χ0) is 22.3. The third-order valence-electron chi connectivity index (χ3n) is 9.38. The number of likely N-dealkylation sites (N-methyl/N-ethyl adjacent to an activating group) is 1. The van der Waals surface area contributed by atoms with Crippen LogP contribution in [0.3, 0.4) is 0 Å². The number of benzene rings is 2. The molecule has 3 aliphatic carbocycles. The number of allylic oxidation sites excluding steroid dienone is 2. The summed E-state index contributed by atoms with van der Waals surface area (Å²) in [7, 11) is 3.90. The van der Waals surface area contributed by atoms with Crippen molar-refractivity contribution in [3.8, 4) is 11.5 Å². The van der Waals surface area contributed by atoms with Crippen molar-refractivity contribution in [3.63, 3.8) is 0 Å². The Kier molecular flexibility index (Phi) is 4.20. The summed E-state index contributed by atoms with van der Waals surface area (Å²) in [4.78, 5) is 16.3. The number of Topliss-reactive ketones (excluding diaryl/α,β-unsaturated/α-hetero) is 1. The number of phenols is 1. The molecule has 166 valence electrons. The van der Waals surface area contributed by atoms with Crippen molar-refractivity contribution in [2.45, 2.75) is 50.5 Å². The van der Waals surface area contributed by atoms with E-state index in [1.165, 1.54) is 22.3 Å². The number of hydrogen-bond acceptors (Lipinski definition) is 4. The van der Waals surface area contributed by atoms with Crippen LogP contribution < -0.4 is 4.74 Å². The van der Waals surface area contributed by atoms with Gasteiger partial charge in [0.1, 0.15) is 5.78 Å². The molecule has 2 aromatic carbocycles. The van der Waals surface area contributed by atoms with Gasteiger partial charge in [0.15, 0.2) is 11.5 Å². The van der Waals surface area contributed by atoms with Crippen LogP contribution in [-0.2, 0) is 16.6 Å². The molecule has 1 aliphatic heterocycles. The number of carbonyl (C=O) groups is 1. The van der Waals surface area contributed by atoms with Crippen molar-refractivity contribution in [2.75, 3.05) is 20.7 Å². The summed E-state index contributed by atoms with van der Waals surface area (Å²) in [5.74, 6) is 1.01. The van der Waals surface area contributed by atoms with E-state index in [0.29, 0.717) is 24.0 Å². The molecule has 4 atom stereocenters. The highest BCUT2D eigenvalue weighted by atomic mass is 16.5. The predicted octanol–water partition coefficient (Wildman–Crippen LogP) is 4.74. The van der Waals surface area contributed by atoms with Crippen molar-refractivity contribution in [2.24, 2.45) is 11.3 Å². The van der Waals surface area contributed by atoms with Gasteiger partial charge in [-0.2, -0.15) is 0 Å². The second kappa shape index (κ2) is 6.71. The molecule has 1 saturated heterocycles. The quantitative estimate of drug-likeness (QED) is 0.749. The molecule has 2 aromatic rings. The number of carbonyl (C=O) groups excluding carboxylic acids is 1. The topological polar surface area (TPSA) is 49.8 Å². The van der Waals surface area contributed by atoms with Crippen molar-refractivity contribution in [1.82, 2.24) is 4.90 Å². The second-order valence-corrected chi connectivity index (χ2v) is 10.3. The maximum absolute atomic E-state index is 13.8. The Morgan fingerprint density at radius 2 is 1.94 bits per heavy atom. The van der Waals surface area contributed by atoms with Gasteiger partial charge in [0.2, 0.25) is 0 Å². The van der Waals surface area contributed by atoms with Gasteiger partial charge in [0.25, 0.3) is 0 Å². The lowest BCUT2D eigenvalue weighted by molar-refractivity contribution is -0.138. The van der Waals surface area contributed by atoms with Gasteiger partial charge in [0.05, 0.1) is 7.11 Å². The van der Waals surface area contributed by atoms with Gasteiger partial charge in [-0.1, -0.05) is 42.0 Å². The van der Waals surface area contributed by atoms with Gasteiger partial charge in [-0.05, 0) is 69.0 Å². The van der Waals surface area contributed by atoms with Gasteiger partial charge in [-0.15, -0.1) is 0 Å². The van der Waals surface area contributed by atoms with Gasteiger partial charge in [0, 0.05) is 34.8 Å². The maximum Gasteiger partial charge on any atom is 0.164 e. The van der Waals surface area contributed by atoms with Crippen LogP contribution in [0.4, 0.5) is 0 Å². The molecule has 4 aliphatic rings. The highest BCUT2D eigenvalue weighted by molar-refractivity contribution is 5.92. The second-order valence-electron chi connectivity index (χ2n) is 10.3. The molecule has 3 fully saturated rings. The Morgan fingerprint density at radius 1 is 1.16 bits per heavy atom. The molecule has 32 heavy (non-hydrogen) atoms. The zero-order valence-electron chi connectivity index (χ0n) is 19.1. The lowest BCUT2D eigenvalue weighted by Gasteiger charge is -2.64. The summed E-state index contributed by atoms with van der Waals surface area (Å²) in [6.07, 6.45) is 4.40. The van der Waals surface area contributed by atoms with Crippen molar-refractivity contribution in [1.29, 1.82) is 0 Å². The molecular weight excluding hydrogens is 398 g/mol. The third kappa shape index (κ3) is 2.24. The first-order chi connectivity index (χ1) is 15.4. The van der Waals surface area contributed by atoms with Crippen LogP contribution in [0, 0.1) is 11.3 Å². The highest BCUT2D eigenvalue weighted by Gasteiger charge is 2.73. The summed E-state index contributed by atoms with van der Waals surface area (Å²) in [5.41, 5.74) is 5.84. The van der Waals surface area contributed by atoms with E-state index >= 15 is 0 Å². The standard InChI is InChI=1S/C28H31NO3/c1-17(18-7-5-4-6-8-18)20-16-27-12-11-21(30)25(20)28(27)13-14-29(2)23(27)15-19-9-10-22(31)26(32-3)24(19)28/h4-10,23,25,31H,11-16H2,1-3H3/b20-17+/t23-,25?,27-,28+/m1/s1. The molecule has 1 heterocycles. The lowest BCUT2D eigenvalue weighted by Crippen LogP contribution is -2.67. The average Bonchev–Trinajstić information content (AvgIpc) is 3.04. The maximum atomic E-state index is 13.8. The number of ether oxygens (including phenoxy) is 1. The molecule has 1 N–H and O–H groups in total. The fraction of sp³-hybridized carbons (Fsp3) is 0.464. The number of piperidine rings is 1. The summed E-state index contributed by atoms with van der Waals surface area (Å²) < 4.78 is 5.85. The number of rotatable bonds is 2. The van der Waals surface area contributed by atoms with E-state index in [2.05, 4.69) is 49.2 Å². The minimum atomic E-state index is -0.303. The van der Waals surface area contributed by atoms with E-state index in [-0.39, 0.29) is 22.5 Å². The Labute approximate surface area is 189 Å². The van der Waals surface area contributed by atoms with Crippen molar-refractivity contribution in [3.05, 3.63) is 64.7 Å². The fourth-order valence-corrected chi connectivity index (χ4v) is 8.14. The Bertz CT molecular complexity index is 1150. The van der Waals surface area contributed by atoms with Gasteiger partial charge < -0.3 is 14.7 Å². The van der Waals surface area contributed by atoms with Crippen LogP contribution in [0.1, 0.15) is 49.3 Å². The largest absolute Gasteiger partial charge is 0.504 e. The van der Waals surface area contributed by atoms with E-state index < -0.39 is 0 Å². The first-order valence-corrected chi connectivity index (χ1v) is 11.8. The van der Waals surface area contributed by atoms with Crippen LogP contribution >= 0.6 is 0 Å². The van der Waals surface area contributed by atoms with Gasteiger partial charge >= 0.3 is 0 Å². The third-order valence-corrected chi connectivity index (χ3v) is 9.38. The summed E-state index contributed by atoms with van der Waals surface area (Å²) in [6, 6.07) is 14.8. The zero-order valence-corrected chi connectivity index (χ0v) is 19.1. The van der Waals surface area contributed by atoms with Crippen molar-refractivity contribution >= 4 is 11.4 Å². The molecule has 1 unspecified atom stereocenters. The fourth-order valence-electron chi connectivity index (χ4n) is 8.14. The Morgan fingerprint density at radius 3 is 2.69 bits per heavy atom. The van der Waals surface area contributed by atoms with Crippen LogP contribution in [0.5, 0.6) is 11.5 Å². The molecule has 0 spiro atoms. The monoisotopic (exact) mass is 429 g/mol. The van der Waals surface area contributed by atoms with E-state index in [0.717, 1.165) is 37.8 Å². The van der Waals surface area contributed by atoms with Crippen molar-refractivity contribution < 1.29 is 14.6 Å². The molecule has 6 rings (SSSR count). The highest BCUT2D eigenvalue weighted by Crippen LogP contribution is 2.74. The molecule has 4 heteroatoms. The van der Waals surface area contributed by atoms with Crippen LogP contribution in [0.2, 0.25) is 0 Å². The summed E-state index contributed by atoms with van der Waals surface area (Å²) >= 11 is 0. The molecular formula is C28H31NO3. The number of nitrogens with zero attached hydrogens (tertiary/aromatic N) is 1. The first kappa shape index (κ1) is 20.0. The molecule has 0 aromatic heterocycles. The molecule has 0 radical (unpaired) electrons. The number of phenolic OH excluding ortho intramolecular Hbond substituents is 1. The average molecular weight is 430 g/mol. The number of methoxy groups -OCH3 is 1. The molecule has 4 nitrogen and oxygen atoms in total. The van der Waals surface area contributed by atoms with Gasteiger partial charge in [-0.25, -0.2) is 0 Å². The number of aromatic hydroxyl groups is 1. The Balaban J connectivity index is 1.69. The molecule has 2 saturated carbocycles. The Hall–Kier alpha value is -2.59. The molecule has 4 bridgehead atoms. The number of fused-ring (bicyclic) bond motifs is 1. The smallest absolute Gasteiger partial charge is 0.164 e. The lowest BCUT2D eigenvalue weighted by atomic mass is 9.44. The SMILES string of the molecule is COc1c(O)ccc2c1[C@]13CCN(C)[C@H](C2)[C@]12CCC(=O)C3/C(=C(\C)c1ccccc1)C2. The normalized spacial score (nSPS) is 34.7. The number of likely N-dealkylation sites (tertiary alicyclic amines) is 1. The van der Waals surface area contributed by atoms with Crippen LogP contribution in [0.15, 0.2) is 48.0 Å². The van der Waals surface area contributed by atoms with E-state index in [1.807, 2.05) is 6.07 Å². The summed E-state index contributed by atoms with van der Waals surface area (Å²) in [5, 5.41) is 10.8. The summed E-state index contributed by atoms with van der Waals surface area (Å²) in [6.45, 7) is 3.17. The first-order valence-electron chi connectivity index (χ1n) is 11.8. The minimum Gasteiger partial charge on any atom is -0.504 e. The predicted molar refractivity (Wildman–Crippen MR) is 125 cm³/mol.